The lowest BCUT2D eigenvalue weighted by molar-refractivity contribution is 0.0948. The minimum absolute atomic E-state index is 0.130. The fourth-order valence-corrected chi connectivity index (χ4v) is 1.86. The van der Waals surface area contributed by atoms with Gasteiger partial charge in [0, 0.05) is 24.3 Å². The summed E-state index contributed by atoms with van der Waals surface area (Å²) in [5.74, 6) is -0.350. The predicted molar refractivity (Wildman–Crippen MR) is 76.6 cm³/mol. The molecule has 2 N–H and O–H groups in total. The van der Waals surface area contributed by atoms with Gasteiger partial charge in [-0.25, -0.2) is 0 Å². The van der Waals surface area contributed by atoms with Crippen molar-refractivity contribution in [3.63, 3.8) is 0 Å². The molecule has 1 aliphatic rings. The highest BCUT2D eigenvalue weighted by molar-refractivity contribution is 5.98. The van der Waals surface area contributed by atoms with Crippen molar-refractivity contribution >= 4 is 11.8 Å². The Bertz CT molecular complexity index is 484. The minimum atomic E-state index is -0.220. The van der Waals surface area contributed by atoms with Gasteiger partial charge in [0.1, 0.15) is 5.69 Å². The molecule has 5 heteroatoms. The smallest absolute Gasteiger partial charge is 0.269 e. The maximum Gasteiger partial charge on any atom is 0.269 e. The molecule has 20 heavy (non-hydrogen) atoms. The molecule has 0 saturated heterocycles. The third kappa shape index (κ3) is 4.33. The fraction of sp³-hybridized carbons (Fsp3) is 0.533. The summed E-state index contributed by atoms with van der Waals surface area (Å²) < 4.78 is 0. The average Bonchev–Trinajstić information content (AvgIpc) is 3.27. The van der Waals surface area contributed by atoms with E-state index in [1.807, 2.05) is 0 Å². The van der Waals surface area contributed by atoms with Crippen molar-refractivity contribution in [2.45, 2.75) is 45.1 Å². The minimum Gasteiger partial charge on any atom is -0.351 e. The molecule has 1 heterocycles. The quantitative estimate of drug-likeness (QED) is 0.747. The van der Waals surface area contributed by atoms with E-state index in [4.69, 9.17) is 0 Å². The highest BCUT2D eigenvalue weighted by Gasteiger charge is 2.24. The fourth-order valence-electron chi connectivity index (χ4n) is 1.86. The van der Waals surface area contributed by atoms with E-state index in [1.165, 1.54) is 6.20 Å². The van der Waals surface area contributed by atoms with Gasteiger partial charge in [0.2, 0.25) is 0 Å². The normalized spacial score (nSPS) is 13.8. The summed E-state index contributed by atoms with van der Waals surface area (Å²) in [5, 5.41) is 5.72. The third-order valence-corrected chi connectivity index (χ3v) is 3.23. The molecule has 1 aromatic heterocycles. The largest absolute Gasteiger partial charge is 0.351 e. The van der Waals surface area contributed by atoms with E-state index < -0.39 is 0 Å². The molecular formula is C15H21N3O2. The van der Waals surface area contributed by atoms with Crippen LogP contribution in [0, 0.1) is 0 Å². The molecule has 2 rings (SSSR count). The lowest BCUT2D eigenvalue weighted by Gasteiger charge is -2.06. The predicted octanol–water partition coefficient (Wildman–Crippen LogP) is 1.89. The topological polar surface area (TPSA) is 71.1 Å². The SMILES string of the molecule is CCCCCNC(=O)c1cc(C(=O)NC2CC2)ccn1. The maximum absolute atomic E-state index is 11.9. The van der Waals surface area contributed by atoms with E-state index >= 15 is 0 Å². The van der Waals surface area contributed by atoms with Crippen LogP contribution in [0.25, 0.3) is 0 Å². The summed E-state index contributed by atoms with van der Waals surface area (Å²) in [7, 11) is 0. The van der Waals surface area contributed by atoms with Crippen molar-refractivity contribution < 1.29 is 9.59 Å². The second-order valence-electron chi connectivity index (χ2n) is 5.14. The van der Waals surface area contributed by atoms with Gasteiger partial charge in [-0.15, -0.1) is 0 Å². The monoisotopic (exact) mass is 275 g/mol. The Morgan fingerprint density at radius 1 is 1.30 bits per heavy atom. The van der Waals surface area contributed by atoms with Crippen molar-refractivity contribution in [2.24, 2.45) is 0 Å². The molecule has 0 atom stereocenters. The molecule has 0 unspecified atom stereocenters. The van der Waals surface area contributed by atoms with Gasteiger partial charge in [-0.05, 0) is 31.4 Å². The van der Waals surface area contributed by atoms with E-state index in [0.29, 0.717) is 23.8 Å². The number of carbonyl (C=O) groups excluding carboxylic acids is 2. The second-order valence-corrected chi connectivity index (χ2v) is 5.14. The Kier molecular flexibility index (Phi) is 5.09. The molecule has 1 fully saturated rings. The van der Waals surface area contributed by atoms with Crippen LogP contribution in [-0.2, 0) is 0 Å². The van der Waals surface area contributed by atoms with Crippen LogP contribution >= 0.6 is 0 Å². The first kappa shape index (κ1) is 14.5. The summed E-state index contributed by atoms with van der Waals surface area (Å²) in [5.41, 5.74) is 0.788. The zero-order valence-corrected chi connectivity index (χ0v) is 11.8. The Balaban J connectivity index is 1.90. The van der Waals surface area contributed by atoms with E-state index in [0.717, 1.165) is 32.1 Å². The third-order valence-electron chi connectivity index (χ3n) is 3.23. The van der Waals surface area contributed by atoms with Gasteiger partial charge >= 0.3 is 0 Å². The van der Waals surface area contributed by atoms with Crippen molar-refractivity contribution in [3.8, 4) is 0 Å². The molecule has 2 amide bonds. The van der Waals surface area contributed by atoms with Gasteiger partial charge in [0.25, 0.3) is 11.8 Å². The molecule has 1 aliphatic carbocycles. The number of unbranched alkanes of at least 4 members (excludes halogenated alkanes) is 2. The molecule has 0 radical (unpaired) electrons. The molecule has 5 nitrogen and oxygen atoms in total. The lowest BCUT2D eigenvalue weighted by Crippen LogP contribution is -2.28. The number of pyridine rings is 1. The number of hydrogen-bond acceptors (Lipinski definition) is 3. The first-order valence-electron chi connectivity index (χ1n) is 7.26. The molecular weight excluding hydrogens is 254 g/mol. The summed E-state index contributed by atoms with van der Waals surface area (Å²) in [6.07, 6.45) is 6.76. The Hall–Kier alpha value is -1.91. The van der Waals surface area contributed by atoms with Crippen molar-refractivity contribution in [3.05, 3.63) is 29.6 Å². The van der Waals surface area contributed by atoms with Crippen molar-refractivity contribution in [1.29, 1.82) is 0 Å². The number of nitrogens with one attached hydrogen (secondary N) is 2. The van der Waals surface area contributed by atoms with Gasteiger partial charge in [-0.3, -0.25) is 14.6 Å². The van der Waals surface area contributed by atoms with Crippen LogP contribution in [-0.4, -0.2) is 29.4 Å². The van der Waals surface area contributed by atoms with Crippen LogP contribution in [0.15, 0.2) is 18.3 Å². The van der Waals surface area contributed by atoms with Gasteiger partial charge in [-0.1, -0.05) is 19.8 Å². The highest BCUT2D eigenvalue weighted by Crippen LogP contribution is 2.19. The molecule has 0 aromatic carbocycles. The highest BCUT2D eigenvalue weighted by atomic mass is 16.2. The summed E-state index contributed by atoms with van der Waals surface area (Å²) in [6.45, 7) is 2.76. The zero-order chi connectivity index (χ0) is 14.4. The number of nitrogens with zero attached hydrogens (tertiary/aromatic N) is 1. The number of amides is 2. The molecule has 0 spiro atoms. The van der Waals surface area contributed by atoms with E-state index in [-0.39, 0.29) is 11.8 Å². The summed E-state index contributed by atoms with van der Waals surface area (Å²) in [6, 6.07) is 3.49. The molecule has 0 bridgehead atoms. The van der Waals surface area contributed by atoms with Gasteiger partial charge in [0.15, 0.2) is 0 Å². The van der Waals surface area contributed by atoms with Crippen LogP contribution in [0.5, 0.6) is 0 Å². The van der Waals surface area contributed by atoms with E-state index in [1.54, 1.807) is 12.1 Å². The standard InChI is InChI=1S/C15H21N3O2/c1-2-3-4-8-17-15(20)13-10-11(7-9-16-13)14(19)18-12-5-6-12/h7,9-10,12H,2-6,8H2,1H3,(H,17,20)(H,18,19). The zero-order valence-electron chi connectivity index (χ0n) is 11.8. The molecule has 0 aliphatic heterocycles. The van der Waals surface area contributed by atoms with Crippen LogP contribution < -0.4 is 10.6 Å². The van der Waals surface area contributed by atoms with Crippen LogP contribution in [0.4, 0.5) is 0 Å². The Labute approximate surface area is 119 Å². The Morgan fingerprint density at radius 3 is 2.80 bits per heavy atom. The first-order chi connectivity index (χ1) is 9.70. The van der Waals surface area contributed by atoms with Crippen molar-refractivity contribution in [1.82, 2.24) is 15.6 Å². The molecule has 1 saturated carbocycles. The number of carbonyl (C=O) groups is 2. The van der Waals surface area contributed by atoms with Gasteiger partial charge < -0.3 is 10.6 Å². The maximum atomic E-state index is 11.9. The number of rotatable bonds is 7. The lowest BCUT2D eigenvalue weighted by atomic mass is 10.2. The Morgan fingerprint density at radius 2 is 2.10 bits per heavy atom. The van der Waals surface area contributed by atoms with Crippen LogP contribution in [0.3, 0.4) is 0 Å². The number of hydrogen-bond donors (Lipinski definition) is 2. The van der Waals surface area contributed by atoms with E-state index in [9.17, 15) is 9.59 Å². The molecule has 1 aromatic rings. The first-order valence-corrected chi connectivity index (χ1v) is 7.26. The molecule has 108 valence electrons. The van der Waals surface area contributed by atoms with Gasteiger partial charge in [-0.2, -0.15) is 0 Å². The summed E-state index contributed by atoms with van der Waals surface area (Å²) in [4.78, 5) is 27.8. The van der Waals surface area contributed by atoms with Crippen molar-refractivity contribution in [2.75, 3.05) is 6.54 Å². The van der Waals surface area contributed by atoms with Gasteiger partial charge in [0.05, 0.1) is 0 Å². The second kappa shape index (κ2) is 7.03. The van der Waals surface area contributed by atoms with Crippen LogP contribution in [0.1, 0.15) is 59.9 Å². The number of aromatic nitrogens is 1. The van der Waals surface area contributed by atoms with Crippen LogP contribution in [0.2, 0.25) is 0 Å². The average molecular weight is 275 g/mol. The van der Waals surface area contributed by atoms with E-state index in [2.05, 4.69) is 22.5 Å². The summed E-state index contributed by atoms with van der Waals surface area (Å²) >= 11 is 0.